The number of non-ortho nitro benzene ring substituents is 1. The lowest BCUT2D eigenvalue weighted by atomic mass is 10.2. The van der Waals surface area contributed by atoms with Crippen molar-refractivity contribution in [2.45, 2.75) is 0 Å². The van der Waals surface area contributed by atoms with Crippen LogP contribution in [-0.2, 0) is 0 Å². The Hall–Kier alpha value is -1.99. The number of carbonyl (C=O) groups is 1. The van der Waals surface area contributed by atoms with E-state index in [1.165, 1.54) is 18.2 Å². The Labute approximate surface area is 117 Å². The molecule has 1 aromatic carbocycles. The van der Waals surface area contributed by atoms with Gasteiger partial charge in [0.2, 0.25) is 0 Å². The van der Waals surface area contributed by atoms with Crippen molar-refractivity contribution in [3.05, 3.63) is 39.9 Å². The molecule has 1 aromatic rings. The molecule has 1 fully saturated rings. The maximum Gasteiger partial charge on any atom is 0.270 e. The van der Waals surface area contributed by atoms with Gasteiger partial charge < -0.3 is 10.6 Å². The quantitative estimate of drug-likeness (QED) is 0.594. The maximum absolute atomic E-state index is 11.9. The first-order valence-electron chi connectivity index (χ1n) is 6.62. The third-order valence-corrected chi connectivity index (χ3v) is 3.24. The summed E-state index contributed by atoms with van der Waals surface area (Å²) in [5, 5.41) is 16.7. The molecule has 1 aliphatic rings. The molecule has 1 heterocycles. The molecule has 1 saturated heterocycles. The van der Waals surface area contributed by atoms with Gasteiger partial charge in [-0.05, 0) is 6.07 Å². The van der Waals surface area contributed by atoms with E-state index >= 15 is 0 Å². The number of nitro benzene ring substituents is 1. The predicted molar refractivity (Wildman–Crippen MR) is 74.7 cm³/mol. The summed E-state index contributed by atoms with van der Waals surface area (Å²) in [6.45, 7) is 5.24. The summed E-state index contributed by atoms with van der Waals surface area (Å²) in [6.07, 6.45) is 0. The Bertz CT molecular complexity index is 486. The second-order valence-corrected chi connectivity index (χ2v) is 4.65. The Kier molecular flexibility index (Phi) is 5.03. The first kappa shape index (κ1) is 14.4. The minimum atomic E-state index is -0.502. The van der Waals surface area contributed by atoms with Gasteiger partial charge in [0, 0.05) is 57.0 Å². The highest BCUT2D eigenvalue weighted by molar-refractivity contribution is 5.94. The van der Waals surface area contributed by atoms with E-state index in [2.05, 4.69) is 15.5 Å². The molecule has 1 amide bonds. The average molecular weight is 278 g/mol. The molecule has 20 heavy (non-hydrogen) atoms. The van der Waals surface area contributed by atoms with E-state index in [1.54, 1.807) is 6.07 Å². The number of piperazine rings is 1. The van der Waals surface area contributed by atoms with Gasteiger partial charge in [-0.2, -0.15) is 0 Å². The summed E-state index contributed by atoms with van der Waals surface area (Å²) >= 11 is 0. The van der Waals surface area contributed by atoms with Gasteiger partial charge in [-0.1, -0.05) is 6.07 Å². The molecule has 1 aliphatic heterocycles. The number of hydrogen-bond acceptors (Lipinski definition) is 5. The van der Waals surface area contributed by atoms with Crippen molar-refractivity contribution in [3.63, 3.8) is 0 Å². The third kappa shape index (κ3) is 4.01. The fourth-order valence-electron chi connectivity index (χ4n) is 2.13. The van der Waals surface area contributed by atoms with Gasteiger partial charge >= 0.3 is 0 Å². The average Bonchev–Trinajstić information content (AvgIpc) is 2.48. The molecule has 0 atom stereocenters. The number of benzene rings is 1. The predicted octanol–water partition coefficient (Wildman–Crippen LogP) is 0.230. The topological polar surface area (TPSA) is 87.5 Å². The van der Waals surface area contributed by atoms with Crippen LogP contribution in [0.5, 0.6) is 0 Å². The van der Waals surface area contributed by atoms with Gasteiger partial charge in [-0.25, -0.2) is 0 Å². The molecule has 0 aliphatic carbocycles. The SMILES string of the molecule is O=C(NCCN1CCNCC1)c1cccc([N+](=O)[O-])c1. The van der Waals surface area contributed by atoms with E-state index in [1.807, 2.05) is 0 Å². The lowest BCUT2D eigenvalue weighted by Gasteiger charge is -2.27. The summed E-state index contributed by atoms with van der Waals surface area (Å²) in [5.74, 6) is -0.274. The molecule has 0 unspecified atom stereocenters. The van der Waals surface area contributed by atoms with Gasteiger partial charge in [0.05, 0.1) is 4.92 Å². The van der Waals surface area contributed by atoms with Gasteiger partial charge in [0.15, 0.2) is 0 Å². The van der Waals surface area contributed by atoms with Crippen molar-refractivity contribution < 1.29 is 9.72 Å². The van der Waals surface area contributed by atoms with Crippen LogP contribution in [0, 0.1) is 10.1 Å². The van der Waals surface area contributed by atoms with Crippen LogP contribution >= 0.6 is 0 Å². The zero-order valence-electron chi connectivity index (χ0n) is 11.2. The van der Waals surface area contributed by atoms with Crippen molar-refractivity contribution in [1.82, 2.24) is 15.5 Å². The summed E-state index contributed by atoms with van der Waals surface area (Å²) < 4.78 is 0. The first-order valence-corrected chi connectivity index (χ1v) is 6.62. The molecule has 7 nitrogen and oxygen atoms in total. The van der Waals surface area contributed by atoms with Crippen molar-refractivity contribution >= 4 is 11.6 Å². The molecule has 0 spiro atoms. The first-order chi connectivity index (χ1) is 9.66. The van der Waals surface area contributed by atoms with E-state index in [-0.39, 0.29) is 11.6 Å². The molecule has 2 rings (SSSR count). The van der Waals surface area contributed by atoms with Crippen LogP contribution in [0.15, 0.2) is 24.3 Å². The molecular formula is C13H18N4O3. The number of carbonyl (C=O) groups excluding carboxylic acids is 1. The summed E-state index contributed by atoms with van der Waals surface area (Å²) in [6, 6.07) is 5.76. The molecule has 7 heteroatoms. The van der Waals surface area contributed by atoms with Crippen LogP contribution in [0.3, 0.4) is 0 Å². The number of hydrogen-bond donors (Lipinski definition) is 2. The highest BCUT2D eigenvalue weighted by Gasteiger charge is 2.12. The molecule has 2 N–H and O–H groups in total. The number of nitro groups is 1. The van der Waals surface area contributed by atoms with Gasteiger partial charge in [0.1, 0.15) is 0 Å². The second kappa shape index (κ2) is 6.97. The zero-order chi connectivity index (χ0) is 14.4. The van der Waals surface area contributed by atoms with E-state index in [0.717, 1.165) is 32.7 Å². The number of nitrogens with one attached hydrogen (secondary N) is 2. The van der Waals surface area contributed by atoms with Crippen LogP contribution < -0.4 is 10.6 Å². The van der Waals surface area contributed by atoms with Crippen LogP contribution in [0.1, 0.15) is 10.4 Å². The summed E-state index contributed by atoms with van der Waals surface area (Å²) in [7, 11) is 0. The molecule has 0 bridgehead atoms. The van der Waals surface area contributed by atoms with Gasteiger partial charge in [-0.15, -0.1) is 0 Å². The van der Waals surface area contributed by atoms with Gasteiger partial charge in [0.25, 0.3) is 11.6 Å². The number of nitrogens with zero attached hydrogens (tertiary/aromatic N) is 2. The van der Waals surface area contributed by atoms with Crippen molar-refractivity contribution in [3.8, 4) is 0 Å². The lowest BCUT2D eigenvalue weighted by molar-refractivity contribution is -0.384. The summed E-state index contributed by atoms with van der Waals surface area (Å²) in [5.41, 5.74) is 0.249. The highest BCUT2D eigenvalue weighted by Crippen LogP contribution is 2.12. The fraction of sp³-hybridized carbons (Fsp3) is 0.462. The molecule has 0 saturated carbocycles. The van der Waals surface area contributed by atoms with Crippen LogP contribution in [0.25, 0.3) is 0 Å². The molecule has 0 radical (unpaired) electrons. The summed E-state index contributed by atoms with van der Waals surface area (Å²) in [4.78, 5) is 24.3. The second-order valence-electron chi connectivity index (χ2n) is 4.65. The number of rotatable bonds is 5. The minimum Gasteiger partial charge on any atom is -0.351 e. The van der Waals surface area contributed by atoms with Crippen LogP contribution in [0.2, 0.25) is 0 Å². The normalized spacial score (nSPS) is 15.8. The van der Waals surface area contributed by atoms with E-state index in [9.17, 15) is 14.9 Å². The smallest absolute Gasteiger partial charge is 0.270 e. The van der Waals surface area contributed by atoms with E-state index in [4.69, 9.17) is 0 Å². The monoisotopic (exact) mass is 278 g/mol. The Morgan fingerprint density at radius 3 is 2.85 bits per heavy atom. The van der Waals surface area contributed by atoms with Crippen LogP contribution in [0.4, 0.5) is 5.69 Å². The zero-order valence-corrected chi connectivity index (χ0v) is 11.2. The lowest BCUT2D eigenvalue weighted by Crippen LogP contribution is -2.46. The highest BCUT2D eigenvalue weighted by atomic mass is 16.6. The largest absolute Gasteiger partial charge is 0.351 e. The Balaban J connectivity index is 1.82. The molecular weight excluding hydrogens is 260 g/mol. The standard InChI is InChI=1S/C13H18N4O3/c18-13(11-2-1-3-12(10-11)17(19)20)15-6-9-16-7-4-14-5-8-16/h1-3,10,14H,4-9H2,(H,15,18). The van der Waals surface area contributed by atoms with Crippen molar-refractivity contribution in [2.75, 3.05) is 39.3 Å². The minimum absolute atomic E-state index is 0.0697. The Morgan fingerprint density at radius 2 is 2.15 bits per heavy atom. The van der Waals surface area contributed by atoms with Gasteiger partial charge in [-0.3, -0.25) is 19.8 Å². The maximum atomic E-state index is 11.9. The third-order valence-electron chi connectivity index (χ3n) is 3.24. The van der Waals surface area contributed by atoms with Crippen molar-refractivity contribution in [1.29, 1.82) is 0 Å². The van der Waals surface area contributed by atoms with E-state index in [0.29, 0.717) is 12.1 Å². The molecule has 108 valence electrons. The van der Waals surface area contributed by atoms with E-state index < -0.39 is 4.92 Å². The fourth-order valence-corrected chi connectivity index (χ4v) is 2.13. The van der Waals surface area contributed by atoms with Crippen molar-refractivity contribution in [2.24, 2.45) is 0 Å². The van der Waals surface area contributed by atoms with Crippen LogP contribution in [-0.4, -0.2) is 55.0 Å². The Morgan fingerprint density at radius 1 is 1.40 bits per heavy atom. The molecule has 0 aromatic heterocycles. The number of amides is 1.